The molecule has 122 heavy (non-hydrogen) atoms. The Morgan fingerprint density at radius 2 is 0.934 bits per heavy atom. The van der Waals surface area contributed by atoms with Crippen molar-refractivity contribution in [3.8, 4) is 52.4 Å². The number of nitrogens with two attached hydrogens (primary N) is 4. The van der Waals surface area contributed by atoms with E-state index in [0.717, 1.165) is 97.0 Å². The number of pyridine rings is 3. The molecular formula is C86H79F7N20O5S4. The van der Waals surface area contributed by atoms with Crippen LogP contribution in [0.4, 0.5) is 36.4 Å². The zero-order valence-electron chi connectivity index (χ0n) is 67.2. The Hall–Kier alpha value is -13.3. The smallest absolute Gasteiger partial charge is 0.417 e. The molecule has 0 radical (unpaired) electrons. The van der Waals surface area contributed by atoms with Crippen molar-refractivity contribution in [1.82, 2.24) is 34.6 Å². The van der Waals surface area contributed by atoms with E-state index in [0.29, 0.717) is 54.5 Å². The van der Waals surface area contributed by atoms with Crippen molar-refractivity contribution in [2.75, 3.05) is 53.3 Å². The molecule has 10 aromatic rings. The number of carbonyl (C=O) groups excluding carboxylic acids is 4. The minimum absolute atomic E-state index is 0.0161. The van der Waals surface area contributed by atoms with Crippen LogP contribution in [0.5, 0.6) is 5.88 Å². The number of likely N-dealkylation sites (N-methyl/N-ethyl adjacent to an activating group) is 3. The summed E-state index contributed by atoms with van der Waals surface area (Å²) in [5.74, 6) is -3.48. The molecule has 5 aliphatic rings. The van der Waals surface area contributed by atoms with Crippen LogP contribution in [0.3, 0.4) is 0 Å². The van der Waals surface area contributed by atoms with E-state index < -0.39 is 81.0 Å². The van der Waals surface area contributed by atoms with Gasteiger partial charge in [0.2, 0.25) is 29.5 Å². The first kappa shape index (κ1) is 88.0. The molecule has 36 heteroatoms. The van der Waals surface area contributed by atoms with Crippen LogP contribution in [0.15, 0.2) is 189 Å². The third-order valence-electron chi connectivity index (χ3n) is 22.3. The molecular weight excluding hydrogens is 1650 g/mol. The second-order valence-electron chi connectivity index (χ2n) is 30.0. The van der Waals surface area contributed by atoms with Crippen molar-refractivity contribution in [2.45, 2.75) is 99.7 Å². The van der Waals surface area contributed by atoms with Gasteiger partial charge in [0.1, 0.15) is 61.7 Å². The van der Waals surface area contributed by atoms with Gasteiger partial charge in [-0.05, 0) is 195 Å². The highest BCUT2D eigenvalue weighted by molar-refractivity contribution is 7.13. The molecule has 1 fully saturated rings. The summed E-state index contributed by atoms with van der Waals surface area (Å²) in [6.45, 7) is 11.2. The van der Waals surface area contributed by atoms with Gasteiger partial charge in [0.05, 0.1) is 64.7 Å². The summed E-state index contributed by atoms with van der Waals surface area (Å²) in [6, 6.07) is 46.6. The molecule has 12 heterocycles. The van der Waals surface area contributed by atoms with Crippen molar-refractivity contribution in [2.24, 2.45) is 54.7 Å². The van der Waals surface area contributed by atoms with Crippen LogP contribution in [-0.2, 0) is 53.7 Å². The lowest BCUT2D eigenvalue weighted by Crippen LogP contribution is -2.56. The van der Waals surface area contributed by atoms with Gasteiger partial charge in [-0.15, -0.1) is 45.3 Å². The maximum Gasteiger partial charge on any atom is 0.417 e. The van der Waals surface area contributed by atoms with E-state index in [9.17, 15) is 55.2 Å². The number of anilines is 1. The number of benzene rings is 3. The largest absolute Gasteiger partial charge is 0.481 e. The summed E-state index contributed by atoms with van der Waals surface area (Å²) in [5.41, 5.74) is 25.8. The Kier molecular flexibility index (Phi) is 25.1. The fraction of sp³-hybridized carbons (Fsp3) is 0.291. The van der Waals surface area contributed by atoms with Crippen molar-refractivity contribution in [3.05, 3.63) is 249 Å². The van der Waals surface area contributed by atoms with E-state index in [1.807, 2.05) is 54.8 Å². The molecule has 0 spiro atoms. The Morgan fingerprint density at radius 1 is 0.475 bits per heavy atom. The Bertz CT molecular complexity index is 5830. The number of guanidine groups is 4. The monoisotopic (exact) mass is 1730 g/mol. The minimum Gasteiger partial charge on any atom is -0.481 e. The van der Waals surface area contributed by atoms with Gasteiger partial charge in [0, 0.05) is 91.1 Å². The summed E-state index contributed by atoms with van der Waals surface area (Å²) in [6.07, 6.45) is -4.22. The number of aliphatic imine (C=N–C) groups is 4. The number of para-hydroxylation sites is 1. The third-order valence-corrected chi connectivity index (χ3v) is 27.0. The quantitative estimate of drug-likeness (QED) is 0.0825. The number of amides is 4. The van der Waals surface area contributed by atoms with E-state index in [2.05, 4.69) is 85.5 Å². The highest BCUT2D eigenvalue weighted by Gasteiger charge is 2.54. The average Bonchev–Trinajstić information content (AvgIpc) is 1.42. The van der Waals surface area contributed by atoms with E-state index >= 15 is 0 Å². The summed E-state index contributed by atoms with van der Waals surface area (Å²) in [7, 11) is 7.71. The normalized spacial score (nSPS) is 22.4. The first-order valence-corrected chi connectivity index (χ1v) is 40.9. The van der Waals surface area contributed by atoms with Gasteiger partial charge >= 0.3 is 12.4 Å². The van der Waals surface area contributed by atoms with Crippen LogP contribution in [0.2, 0.25) is 0 Å². The van der Waals surface area contributed by atoms with E-state index in [4.69, 9.17) is 53.4 Å². The number of hydrogen-bond acceptors (Lipinski definition) is 25. The molecule has 15 rings (SSSR count). The van der Waals surface area contributed by atoms with Crippen molar-refractivity contribution >= 4 is 98.5 Å². The lowest BCUT2D eigenvalue weighted by molar-refractivity contribution is -0.138. The van der Waals surface area contributed by atoms with E-state index in [1.54, 1.807) is 94.0 Å². The van der Waals surface area contributed by atoms with Gasteiger partial charge in [-0.1, -0.05) is 36.4 Å². The zero-order valence-corrected chi connectivity index (χ0v) is 70.4. The molecule has 5 aliphatic heterocycles. The second kappa shape index (κ2) is 34.8. The van der Waals surface area contributed by atoms with Gasteiger partial charge in [-0.2, -0.15) is 47.4 Å². The first-order valence-electron chi connectivity index (χ1n) is 37.5. The van der Waals surface area contributed by atoms with Gasteiger partial charge in [-0.3, -0.25) is 48.7 Å². The number of rotatable bonds is 12. The van der Waals surface area contributed by atoms with Crippen LogP contribution in [-0.4, -0.2) is 130 Å². The van der Waals surface area contributed by atoms with Crippen LogP contribution in [0.25, 0.3) is 22.3 Å². The van der Waals surface area contributed by atoms with Crippen LogP contribution >= 0.6 is 45.3 Å². The van der Waals surface area contributed by atoms with Crippen LogP contribution in [0, 0.1) is 69.9 Å². The van der Waals surface area contributed by atoms with Crippen molar-refractivity contribution < 1.29 is 54.6 Å². The molecule has 1 unspecified atom stereocenters. The molecule has 0 bridgehead atoms. The summed E-state index contributed by atoms with van der Waals surface area (Å²) in [5, 5.41) is 40.6. The number of methoxy groups -OCH3 is 1. The van der Waals surface area contributed by atoms with Crippen molar-refractivity contribution in [3.63, 3.8) is 0 Å². The van der Waals surface area contributed by atoms with Gasteiger partial charge in [0.25, 0.3) is 0 Å². The third kappa shape index (κ3) is 17.4. The maximum absolute atomic E-state index is 14.0. The molecule has 1 saturated heterocycles. The number of nitrogens with zero attached hydrogens (tertiary/aromatic N) is 16. The van der Waals surface area contributed by atoms with Gasteiger partial charge < -0.3 is 32.6 Å². The van der Waals surface area contributed by atoms with Gasteiger partial charge in [-0.25, -0.2) is 29.3 Å². The molecule has 0 saturated carbocycles. The molecule has 8 atom stereocenters. The highest BCUT2D eigenvalue weighted by Crippen LogP contribution is 2.52. The summed E-state index contributed by atoms with van der Waals surface area (Å²) in [4.78, 5) is 94.8. The highest BCUT2D eigenvalue weighted by atomic mass is 32.1. The van der Waals surface area contributed by atoms with Crippen LogP contribution < -0.4 is 32.6 Å². The maximum atomic E-state index is 14.0. The number of carbonyl (C=O) groups is 4. The number of aromatic nitrogens is 3. The molecule has 4 amide bonds. The molecule has 626 valence electrons. The first-order chi connectivity index (χ1) is 57.7. The Morgan fingerprint density at radius 3 is 1.38 bits per heavy atom. The molecule has 8 N–H and O–H groups in total. The number of ether oxygens (including phenoxy) is 1. The number of hydrogen-bond donors (Lipinski definition) is 4. The summed E-state index contributed by atoms with van der Waals surface area (Å²) >= 11 is 5.30. The van der Waals surface area contributed by atoms with Crippen molar-refractivity contribution in [1.29, 1.82) is 21.0 Å². The predicted octanol–water partition coefficient (Wildman–Crippen LogP) is 14.4. The number of alkyl halides is 6. The number of nitriles is 4. The molecule has 0 aliphatic carbocycles. The Labute approximate surface area is 713 Å². The van der Waals surface area contributed by atoms with E-state index in [-0.39, 0.29) is 64.4 Å². The second-order valence-corrected chi connectivity index (χ2v) is 34.0. The van der Waals surface area contributed by atoms with Crippen LogP contribution in [0.1, 0.15) is 132 Å². The number of thiophene rings is 4. The fourth-order valence-electron chi connectivity index (χ4n) is 15.5. The molecule has 3 aromatic carbocycles. The topological polar surface area (TPSA) is 381 Å². The number of piperidine rings is 1. The lowest BCUT2D eigenvalue weighted by Gasteiger charge is -2.46. The number of aryl methyl sites for hydroxylation is 1. The SMILES string of the molecule is CN1C(=O)[C@@H](c2ccc(C(F)(F)F)cn2)[C@@](C)(c2ccc(C#N)s2)N=C1N.CN1C(=O)[C@H](c2ccc(C(F)(F)F)cn2)[C@@](C)(c2ccc(C#N)s2)N=C1N.COc1ccc(C2C(=O)N(C)C(N)=N[C@]2(C)c2cc(-c3cc(F)cc(C#N)c3)cs2)cn1.Cc1ccccc1N1CCC([C@H]2C(=O)N(C)C(N)=N[C@]2(C)c2cc(-c3cccc(C#N)c3)cs2)CC1. The average molecular weight is 1730 g/mol. The van der Waals surface area contributed by atoms with E-state index in [1.165, 1.54) is 77.9 Å². The standard InChI is InChI=1S/C29H31N5OS.C23H20FN5O2S.2C17H14F3N5OS/c1-19-7-4-5-10-24(19)34-13-11-21(12-14-34)26-27(35)33(3)28(31)32-29(26,2)25-16-23(18-36-25)22-9-6-8-20(15-22)17-30;1-23(18-9-16(12-32-18)15-6-13(10-25)7-17(24)8-15)20(21(30)29(2)22(26)28-23)14-4-5-19(31-3)27-11-14;2*1-16(12-6-4-10(7-21)27-12)13(14(26)25(2)15(22)24-16)11-5-3-9(8-23-11)17(18,19)20/h4-10,15-16,18,21,26H,11-14H2,1-3H3,(H2,31,32);4-9,11-12,20H,1-3H3,(H2,26,28);2*3-6,8,13H,1-2H3,(H2,22,24)/t26-,29+;20?,23-;13-,16+;13-,16-/m0101/s1. The molecule has 7 aromatic heterocycles. The predicted molar refractivity (Wildman–Crippen MR) is 451 cm³/mol. The number of halogens is 7. The molecule has 25 nitrogen and oxygen atoms in total. The minimum atomic E-state index is -4.53. The van der Waals surface area contributed by atoms with Gasteiger partial charge in [0.15, 0.2) is 23.8 Å². The zero-order chi connectivity index (χ0) is 88.5. The fourth-order valence-corrected chi connectivity index (χ4v) is 19.4. The lowest BCUT2D eigenvalue weighted by atomic mass is 9.70. The summed E-state index contributed by atoms with van der Waals surface area (Å²) < 4.78 is 96.1. The Balaban J connectivity index is 0.000000150.